The maximum Gasteiger partial charge on any atom is 0.172 e. The number of nitrogens with one attached hydrogen (secondary N) is 1. The molecule has 18 heavy (non-hydrogen) atoms. The Labute approximate surface area is 114 Å². The van der Waals surface area contributed by atoms with Crippen molar-refractivity contribution in [2.45, 2.75) is 0 Å². The van der Waals surface area contributed by atoms with E-state index in [1.807, 2.05) is 24.3 Å². The first kappa shape index (κ1) is 12.4. The lowest BCUT2D eigenvalue weighted by Crippen LogP contribution is -2.02. The van der Waals surface area contributed by atoms with Crippen molar-refractivity contribution in [3.05, 3.63) is 46.6 Å². The molecule has 4 nitrogen and oxygen atoms in total. The van der Waals surface area contributed by atoms with E-state index < -0.39 is 0 Å². The summed E-state index contributed by atoms with van der Waals surface area (Å²) in [7, 11) is 1.79. The molecule has 1 heterocycles. The summed E-state index contributed by atoms with van der Waals surface area (Å²) in [4.78, 5) is 0. The Morgan fingerprint density at radius 3 is 2.89 bits per heavy atom. The molecule has 0 atom stereocenters. The van der Waals surface area contributed by atoms with E-state index in [9.17, 15) is 0 Å². The van der Waals surface area contributed by atoms with Crippen molar-refractivity contribution in [3.63, 3.8) is 0 Å². The van der Waals surface area contributed by atoms with Gasteiger partial charge in [0.1, 0.15) is 11.9 Å². The van der Waals surface area contributed by atoms with Crippen LogP contribution in [0.5, 0.6) is 0 Å². The summed E-state index contributed by atoms with van der Waals surface area (Å²) < 4.78 is 2.65. The number of halogens is 1. The molecule has 5 heteroatoms. The molecule has 1 aromatic heterocycles. The summed E-state index contributed by atoms with van der Waals surface area (Å²) in [5.41, 5.74) is 1.94. The normalized spacial score (nSPS) is 9.83. The smallest absolute Gasteiger partial charge is 0.172 e. The average Bonchev–Trinajstić information content (AvgIpc) is 2.76. The van der Waals surface area contributed by atoms with E-state index in [2.05, 4.69) is 39.0 Å². The van der Waals surface area contributed by atoms with Gasteiger partial charge in [0.15, 0.2) is 5.69 Å². The Morgan fingerprint density at radius 2 is 2.33 bits per heavy atom. The lowest BCUT2D eigenvalue weighted by molar-refractivity contribution is 0.877. The van der Waals surface area contributed by atoms with Gasteiger partial charge in [0.05, 0.1) is 11.3 Å². The Bertz CT molecular complexity index is 637. The Morgan fingerprint density at radius 1 is 1.56 bits per heavy atom. The van der Waals surface area contributed by atoms with E-state index in [1.54, 1.807) is 17.8 Å². The third-order valence-corrected chi connectivity index (χ3v) is 3.01. The highest BCUT2D eigenvalue weighted by Gasteiger charge is 2.15. The van der Waals surface area contributed by atoms with Crippen LogP contribution < -0.4 is 5.32 Å². The van der Waals surface area contributed by atoms with Crippen LogP contribution in [0.2, 0.25) is 0 Å². The lowest BCUT2D eigenvalue weighted by Gasteiger charge is -2.07. The van der Waals surface area contributed by atoms with Gasteiger partial charge in [0.25, 0.3) is 0 Å². The summed E-state index contributed by atoms with van der Waals surface area (Å²) >= 11 is 3.42. The van der Waals surface area contributed by atoms with Gasteiger partial charge >= 0.3 is 0 Å². The van der Waals surface area contributed by atoms with Crippen molar-refractivity contribution < 1.29 is 0 Å². The number of anilines is 1. The first-order valence-corrected chi connectivity index (χ1v) is 6.09. The maximum atomic E-state index is 9.07. The molecule has 0 saturated carbocycles. The van der Waals surface area contributed by atoms with Crippen LogP contribution in [0.3, 0.4) is 0 Å². The molecule has 0 aliphatic rings. The van der Waals surface area contributed by atoms with Crippen LogP contribution in [0.25, 0.3) is 11.8 Å². The van der Waals surface area contributed by atoms with Crippen LogP contribution in [0, 0.1) is 11.3 Å². The quantitative estimate of drug-likeness (QED) is 0.947. The molecule has 0 spiro atoms. The molecule has 0 radical (unpaired) electrons. The number of nitriles is 1. The topological polar surface area (TPSA) is 53.6 Å². The summed E-state index contributed by atoms with van der Waals surface area (Å²) in [6.45, 7) is 3.72. The van der Waals surface area contributed by atoms with Crippen molar-refractivity contribution in [3.8, 4) is 11.8 Å². The van der Waals surface area contributed by atoms with Crippen LogP contribution in [0.1, 0.15) is 11.3 Å². The second-order valence-corrected chi connectivity index (χ2v) is 4.48. The second-order valence-electron chi connectivity index (χ2n) is 3.57. The van der Waals surface area contributed by atoms with Gasteiger partial charge in [0.2, 0.25) is 0 Å². The van der Waals surface area contributed by atoms with E-state index in [1.165, 1.54) is 0 Å². The van der Waals surface area contributed by atoms with Gasteiger partial charge in [-0.25, -0.2) is 4.68 Å². The molecule has 0 unspecified atom stereocenters. The van der Waals surface area contributed by atoms with Crippen molar-refractivity contribution in [1.29, 1.82) is 5.26 Å². The molecule has 1 aromatic carbocycles. The van der Waals surface area contributed by atoms with Crippen molar-refractivity contribution in [2.24, 2.45) is 0 Å². The van der Waals surface area contributed by atoms with Crippen molar-refractivity contribution >= 4 is 27.8 Å². The minimum atomic E-state index is 0.356. The van der Waals surface area contributed by atoms with Crippen LogP contribution in [0.4, 0.5) is 5.82 Å². The maximum absolute atomic E-state index is 9.07. The van der Waals surface area contributed by atoms with Gasteiger partial charge in [-0.2, -0.15) is 10.4 Å². The van der Waals surface area contributed by atoms with Gasteiger partial charge in [-0.3, -0.25) is 0 Å². The number of nitrogens with zero attached hydrogens (tertiary/aromatic N) is 3. The van der Waals surface area contributed by atoms with Gasteiger partial charge in [-0.1, -0.05) is 34.7 Å². The number of hydrogen-bond donors (Lipinski definition) is 1. The summed E-state index contributed by atoms with van der Waals surface area (Å²) in [6.07, 6.45) is 1.63. The molecule has 0 fully saturated rings. The Kier molecular flexibility index (Phi) is 3.49. The van der Waals surface area contributed by atoms with Crippen LogP contribution in [-0.2, 0) is 0 Å². The molecule has 2 rings (SSSR count). The van der Waals surface area contributed by atoms with Gasteiger partial charge in [-0.15, -0.1) is 0 Å². The number of benzene rings is 1. The standard InChI is InChI=1S/C13H11BrN4/c1-3-11-12(8-15)17-18(13(11)16-2)10-6-4-5-9(14)7-10/h3-7,16H,1H2,2H3. The molecular formula is C13H11BrN4. The SMILES string of the molecule is C=Cc1c(C#N)nn(-c2cccc(Br)c2)c1NC. The third-order valence-electron chi connectivity index (χ3n) is 2.52. The number of hydrogen-bond acceptors (Lipinski definition) is 3. The van der Waals surface area contributed by atoms with Crippen LogP contribution in [0.15, 0.2) is 35.3 Å². The Hall–Kier alpha value is -2.06. The first-order valence-electron chi connectivity index (χ1n) is 5.30. The van der Waals surface area contributed by atoms with Crippen molar-refractivity contribution in [2.75, 3.05) is 12.4 Å². The first-order chi connectivity index (χ1) is 8.71. The highest BCUT2D eigenvalue weighted by atomic mass is 79.9. The molecule has 1 N–H and O–H groups in total. The molecular weight excluding hydrogens is 292 g/mol. The average molecular weight is 303 g/mol. The minimum Gasteiger partial charge on any atom is -0.372 e. The summed E-state index contributed by atoms with van der Waals surface area (Å²) in [5.74, 6) is 0.750. The second kappa shape index (κ2) is 5.07. The van der Waals surface area contributed by atoms with E-state index in [4.69, 9.17) is 5.26 Å². The number of aromatic nitrogens is 2. The molecule has 0 aliphatic heterocycles. The van der Waals surface area contributed by atoms with E-state index in [0.29, 0.717) is 11.3 Å². The molecule has 0 bridgehead atoms. The summed E-state index contributed by atoms with van der Waals surface area (Å²) in [5, 5.41) is 16.4. The van der Waals surface area contributed by atoms with Gasteiger partial charge < -0.3 is 5.32 Å². The molecule has 0 amide bonds. The molecule has 0 aliphatic carbocycles. The zero-order valence-electron chi connectivity index (χ0n) is 9.81. The molecule has 2 aromatic rings. The van der Waals surface area contributed by atoms with E-state index >= 15 is 0 Å². The predicted molar refractivity (Wildman–Crippen MR) is 75.6 cm³/mol. The molecule has 0 saturated heterocycles. The molecule has 90 valence electrons. The van der Waals surface area contributed by atoms with E-state index in [0.717, 1.165) is 16.0 Å². The van der Waals surface area contributed by atoms with Crippen molar-refractivity contribution in [1.82, 2.24) is 9.78 Å². The van der Waals surface area contributed by atoms with Gasteiger partial charge in [-0.05, 0) is 18.2 Å². The highest BCUT2D eigenvalue weighted by molar-refractivity contribution is 9.10. The zero-order chi connectivity index (χ0) is 13.1. The zero-order valence-corrected chi connectivity index (χ0v) is 11.4. The summed E-state index contributed by atoms with van der Waals surface area (Å²) in [6, 6.07) is 9.78. The minimum absolute atomic E-state index is 0.356. The predicted octanol–water partition coefficient (Wildman–Crippen LogP) is 3.19. The van der Waals surface area contributed by atoms with Gasteiger partial charge in [0, 0.05) is 11.5 Å². The monoisotopic (exact) mass is 302 g/mol. The van der Waals surface area contributed by atoms with Crippen LogP contribution in [-0.4, -0.2) is 16.8 Å². The number of rotatable bonds is 3. The van der Waals surface area contributed by atoms with E-state index in [-0.39, 0.29) is 0 Å². The Balaban J connectivity index is 2.68. The largest absolute Gasteiger partial charge is 0.372 e. The fraction of sp³-hybridized carbons (Fsp3) is 0.0769. The lowest BCUT2D eigenvalue weighted by atomic mass is 10.2. The van der Waals surface area contributed by atoms with Crippen LogP contribution >= 0.6 is 15.9 Å². The fourth-order valence-corrected chi connectivity index (χ4v) is 2.13. The highest BCUT2D eigenvalue weighted by Crippen LogP contribution is 2.25. The third kappa shape index (κ3) is 2.03. The fourth-order valence-electron chi connectivity index (χ4n) is 1.74.